The van der Waals surface area contributed by atoms with Crippen molar-refractivity contribution in [3.05, 3.63) is 61.6 Å². The predicted octanol–water partition coefficient (Wildman–Crippen LogP) is 3.57. The van der Waals surface area contributed by atoms with Gasteiger partial charge in [0.25, 0.3) is 11.6 Å². The first-order valence-corrected chi connectivity index (χ1v) is 7.97. The molecule has 1 amide bonds. The number of nitro benzene ring substituents is 2. The molecule has 0 bridgehead atoms. The zero-order chi connectivity index (χ0) is 20.0. The second-order valence-electron chi connectivity index (χ2n) is 5.08. The lowest BCUT2D eigenvalue weighted by molar-refractivity contribution is -0.385. The standard InChI is InChI=1S/C16H14ClN3O7/c1-2-26-11-4-5-12(13(8-11)19(22)23)18-16(21)9-27-15-6-3-10(17)7-14(15)20(24)25/h3-8H,2,9H2,1H3,(H,18,21). The summed E-state index contributed by atoms with van der Waals surface area (Å²) in [6, 6.07) is 7.70. The number of rotatable bonds is 8. The second-order valence-corrected chi connectivity index (χ2v) is 5.51. The van der Waals surface area contributed by atoms with E-state index in [9.17, 15) is 25.0 Å². The molecule has 10 nitrogen and oxygen atoms in total. The van der Waals surface area contributed by atoms with Crippen molar-refractivity contribution in [3.8, 4) is 11.5 Å². The van der Waals surface area contributed by atoms with Crippen LogP contribution in [0.15, 0.2) is 36.4 Å². The number of nitro groups is 2. The van der Waals surface area contributed by atoms with Gasteiger partial charge in [0.1, 0.15) is 11.4 Å². The van der Waals surface area contributed by atoms with Crippen molar-refractivity contribution in [2.45, 2.75) is 6.92 Å². The Morgan fingerprint density at radius 3 is 2.41 bits per heavy atom. The SMILES string of the molecule is CCOc1ccc(NC(=O)COc2ccc(Cl)cc2[N+](=O)[O-])c([N+](=O)[O-])c1. The van der Waals surface area contributed by atoms with Gasteiger partial charge in [0.05, 0.1) is 22.5 Å². The first-order chi connectivity index (χ1) is 12.8. The van der Waals surface area contributed by atoms with Crippen LogP contribution in [0.3, 0.4) is 0 Å². The van der Waals surface area contributed by atoms with E-state index in [1.54, 1.807) is 6.92 Å². The Bertz CT molecular complexity index is 888. The first kappa shape index (κ1) is 19.9. The van der Waals surface area contributed by atoms with Crippen molar-refractivity contribution >= 4 is 34.6 Å². The number of nitrogens with one attached hydrogen (secondary N) is 1. The van der Waals surface area contributed by atoms with Crippen LogP contribution in [0.2, 0.25) is 5.02 Å². The van der Waals surface area contributed by atoms with E-state index < -0.39 is 28.0 Å². The van der Waals surface area contributed by atoms with E-state index in [1.807, 2.05) is 0 Å². The monoisotopic (exact) mass is 395 g/mol. The maximum Gasteiger partial charge on any atom is 0.312 e. The molecule has 2 aromatic rings. The van der Waals surface area contributed by atoms with Crippen LogP contribution in [0.5, 0.6) is 11.5 Å². The zero-order valence-corrected chi connectivity index (χ0v) is 14.8. The zero-order valence-electron chi connectivity index (χ0n) is 14.0. The summed E-state index contributed by atoms with van der Waals surface area (Å²) in [5.41, 5.74) is -0.809. The number of amides is 1. The second kappa shape index (κ2) is 8.81. The Balaban J connectivity index is 2.10. The summed E-state index contributed by atoms with van der Waals surface area (Å²) >= 11 is 5.70. The summed E-state index contributed by atoms with van der Waals surface area (Å²) in [5.74, 6) is -0.595. The molecule has 11 heteroatoms. The molecule has 2 aromatic carbocycles. The third kappa shape index (κ3) is 5.28. The summed E-state index contributed by atoms with van der Waals surface area (Å²) in [7, 11) is 0. The minimum Gasteiger partial charge on any atom is -0.494 e. The molecule has 0 aliphatic rings. The number of benzene rings is 2. The Labute approximate surface area is 157 Å². The molecule has 0 aliphatic carbocycles. The fraction of sp³-hybridized carbons (Fsp3) is 0.188. The van der Waals surface area contributed by atoms with Gasteiger partial charge in [-0.1, -0.05) is 11.6 Å². The van der Waals surface area contributed by atoms with Gasteiger partial charge in [-0.2, -0.15) is 0 Å². The Hall–Kier alpha value is -3.40. The van der Waals surface area contributed by atoms with Crippen LogP contribution in [-0.4, -0.2) is 29.0 Å². The normalized spacial score (nSPS) is 10.1. The molecule has 27 heavy (non-hydrogen) atoms. The summed E-state index contributed by atoms with van der Waals surface area (Å²) < 4.78 is 10.3. The number of ether oxygens (including phenoxy) is 2. The van der Waals surface area contributed by atoms with E-state index in [2.05, 4.69) is 5.32 Å². The van der Waals surface area contributed by atoms with Crippen molar-refractivity contribution in [2.24, 2.45) is 0 Å². The number of hydrogen-bond donors (Lipinski definition) is 1. The molecule has 0 heterocycles. The Morgan fingerprint density at radius 1 is 1.07 bits per heavy atom. The minimum absolute atomic E-state index is 0.0531. The lowest BCUT2D eigenvalue weighted by Crippen LogP contribution is -2.21. The fourth-order valence-corrected chi connectivity index (χ4v) is 2.28. The summed E-state index contributed by atoms with van der Waals surface area (Å²) in [6.45, 7) is 1.47. The van der Waals surface area contributed by atoms with Crippen molar-refractivity contribution in [1.29, 1.82) is 0 Å². The highest BCUT2D eigenvalue weighted by molar-refractivity contribution is 6.30. The van der Waals surface area contributed by atoms with Gasteiger partial charge >= 0.3 is 5.69 Å². The van der Waals surface area contributed by atoms with Crippen LogP contribution in [0.4, 0.5) is 17.1 Å². The quantitative estimate of drug-likeness (QED) is 0.533. The van der Waals surface area contributed by atoms with E-state index in [0.29, 0.717) is 6.61 Å². The first-order valence-electron chi connectivity index (χ1n) is 7.59. The predicted molar refractivity (Wildman–Crippen MR) is 96.5 cm³/mol. The molecule has 142 valence electrons. The van der Waals surface area contributed by atoms with Gasteiger partial charge in [-0.3, -0.25) is 25.0 Å². The molecule has 0 atom stereocenters. The fourth-order valence-electron chi connectivity index (χ4n) is 2.11. The van der Waals surface area contributed by atoms with Gasteiger partial charge in [0.2, 0.25) is 0 Å². The largest absolute Gasteiger partial charge is 0.494 e. The topological polar surface area (TPSA) is 134 Å². The van der Waals surface area contributed by atoms with Crippen molar-refractivity contribution in [2.75, 3.05) is 18.5 Å². The van der Waals surface area contributed by atoms with Crippen LogP contribution in [0, 0.1) is 20.2 Å². The number of carbonyl (C=O) groups is 1. The third-order valence-electron chi connectivity index (χ3n) is 3.23. The number of anilines is 1. The van der Waals surface area contributed by atoms with Gasteiger partial charge in [-0.15, -0.1) is 0 Å². The van der Waals surface area contributed by atoms with E-state index in [-0.39, 0.29) is 27.9 Å². The average Bonchev–Trinajstić information content (AvgIpc) is 2.61. The van der Waals surface area contributed by atoms with E-state index >= 15 is 0 Å². The van der Waals surface area contributed by atoms with Crippen molar-refractivity contribution in [3.63, 3.8) is 0 Å². The highest BCUT2D eigenvalue weighted by Gasteiger charge is 2.20. The molecular weight excluding hydrogens is 382 g/mol. The molecular formula is C16H14ClN3O7. The highest BCUT2D eigenvalue weighted by Crippen LogP contribution is 2.31. The van der Waals surface area contributed by atoms with Gasteiger partial charge in [-0.05, 0) is 31.2 Å². The van der Waals surface area contributed by atoms with Crippen LogP contribution in [-0.2, 0) is 4.79 Å². The van der Waals surface area contributed by atoms with Crippen molar-refractivity contribution < 1.29 is 24.1 Å². The van der Waals surface area contributed by atoms with Gasteiger partial charge in [0, 0.05) is 11.1 Å². The maximum atomic E-state index is 12.0. The van der Waals surface area contributed by atoms with Crippen molar-refractivity contribution in [1.82, 2.24) is 0 Å². The molecule has 0 saturated heterocycles. The van der Waals surface area contributed by atoms with Gasteiger partial charge < -0.3 is 14.8 Å². The van der Waals surface area contributed by atoms with Crippen LogP contribution in [0.1, 0.15) is 6.92 Å². The number of carbonyl (C=O) groups excluding carboxylic acids is 1. The van der Waals surface area contributed by atoms with E-state index in [4.69, 9.17) is 21.1 Å². The smallest absolute Gasteiger partial charge is 0.312 e. The third-order valence-corrected chi connectivity index (χ3v) is 3.46. The van der Waals surface area contributed by atoms with Crippen LogP contribution < -0.4 is 14.8 Å². The number of hydrogen-bond acceptors (Lipinski definition) is 7. The van der Waals surface area contributed by atoms with Gasteiger partial charge in [0.15, 0.2) is 12.4 Å². The molecule has 2 rings (SSSR count). The Morgan fingerprint density at radius 2 is 1.78 bits per heavy atom. The highest BCUT2D eigenvalue weighted by atomic mass is 35.5. The summed E-state index contributed by atoms with van der Waals surface area (Å²) in [5, 5.41) is 24.6. The lowest BCUT2D eigenvalue weighted by atomic mass is 10.2. The minimum atomic E-state index is -0.730. The number of halogens is 1. The van der Waals surface area contributed by atoms with E-state index in [1.165, 1.54) is 30.3 Å². The molecule has 0 aliphatic heterocycles. The lowest BCUT2D eigenvalue weighted by Gasteiger charge is -2.09. The average molecular weight is 396 g/mol. The summed E-state index contributed by atoms with van der Waals surface area (Å²) in [6.07, 6.45) is 0. The molecule has 1 N–H and O–H groups in total. The van der Waals surface area contributed by atoms with Gasteiger partial charge in [-0.25, -0.2) is 0 Å². The molecule has 0 fully saturated rings. The number of nitrogens with zero attached hydrogens (tertiary/aromatic N) is 2. The van der Waals surface area contributed by atoms with E-state index in [0.717, 1.165) is 6.07 Å². The summed E-state index contributed by atoms with van der Waals surface area (Å²) in [4.78, 5) is 32.8. The van der Waals surface area contributed by atoms with Crippen LogP contribution in [0.25, 0.3) is 0 Å². The molecule has 0 radical (unpaired) electrons. The molecule has 0 aromatic heterocycles. The van der Waals surface area contributed by atoms with Crippen LogP contribution >= 0.6 is 11.6 Å². The maximum absolute atomic E-state index is 12.0. The Kier molecular flexibility index (Phi) is 6.50. The molecule has 0 unspecified atom stereocenters. The molecule has 0 saturated carbocycles. The molecule has 0 spiro atoms.